The smallest absolute Gasteiger partial charge is 0.264 e. The Morgan fingerprint density at radius 3 is 2.52 bits per heavy atom. The molecule has 7 heteroatoms. The Balaban J connectivity index is 1.99. The maximum absolute atomic E-state index is 12.8. The molecule has 5 nitrogen and oxygen atoms in total. The topological polar surface area (TPSA) is 66.5 Å². The van der Waals surface area contributed by atoms with Crippen LogP contribution >= 0.6 is 11.6 Å². The number of carbonyl (C=O) groups excluding carboxylic acids is 1. The summed E-state index contributed by atoms with van der Waals surface area (Å²) >= 11 is 5.82. The highest BCUT2D eigenvalue weighted by molar-refractivity contribution is 7.92. The van der Waals surface area contributed by atoms with Gasteiger partial charge in [0.2, 0.25) is 0 Å². The van der Waals surface area contributed by atoms with Gasteiger partial charge in [-0.15, -0.1) is 0 Å². The predicted molar refractivity (Wildman–Crippen MR) is 89.5 cm³/mol. The Bertz CT molecular complexity index is 863. The quantitative estimate of drug-likeness (QED) is 0.924. The van der Waals surface area contributed by atoms with Crippen molar-refractivity contribution >= 4 is 33.2 Å². The number of sulfonamides is 1. The molecule has 0 saturated carbocycles. The maximum atomic E-state index is 12.8. The highest BCUT2D eigenvalue weighted by Crippen LogP contribution is 2.33. The molecule has 0 saturated heterocycles. The van der Waals surface area contributed by atoms with Crippen molar-refractivity contribution in [1.29, 1.82) is 0 Å². The van der Waals surface area contributed by atoms with Crippen LogP contribution in [0.2, 0.25) is 5.02 Å². The molecule has 2 aromatic carbocycles. The molecule has 0 bridgehead atoms. The van der Waals surface area contributed by atoms with Crippen molar-refractivity contribution in [2.75, 3.05) is 17.9 Å². The number of nitrogens with one attached hydrogen (secondary N) is 1. The number of fused-ring (bicyclic) bond motifs is 1. The third kappa shape index (κ3) is 2.80. The van der Waals surface area contributed by atoms with E-state index in [0.29, 0.717) is 29.2 Å². The lowest BCUT2D eigenvalue weighted by Crippen LogP contribution is -2.29. The molecule has 2 aromatic rings. The van der Waals surface area contributed by atoms with Gasteiger partial charge in [-0.2, -0.15) is 0 Å². The van der Waals surface area contributed by atoms with Crippen LogP contribution in [0, 0.1) is 0 Å². The average molecular weight is 351 g/mol. The van der Waals surface area contributed by atoms with Crippen LogP contribution in [0.4, 0.5) is 5.69 Å². The van der Waals surface area contributed by atoms with Gasteiger partial charge < -0.3 is 5.32 Å². The van der Waals surface area contributed by atoms with Crippen molar-refractivity contribution in [2.45, 2.75) is 11.3 Å². The summed E-state index contributed by atoms with van der Waals surface area (Å²) < 4.78 is 26.9. The largest absolute Gasteiger partial charge is 0.355 e. The van der Waals surface area contributed by atoms with E-state index >= 15 is 0 Å². The van der Waals surface area contributed by atoms with Gasteiger partial charge in [0.05, 0.1) is 10.6 Å². The van der Waals surface area contributed by atoms with Crippen molar-refractivity contribution in [3.8, 4) is 0 Å². The van der Waals surface area contributed by atoms with E-state index in [9.17, 15) is 13.2 Å². The van der Waals surface area contributed by atoms with Crippen molar-refractivity contribution < 1.29 is 13.2 Å². The number of rotatable bonds is 3. The van der Waals surface area contributed by atoms with Crippen LogP contribution in [0.3, 0.4) is 0 Å². The minimum atomic E-state index is -3.63. The summed E-state index contributed by atoms with van der Waals surface area (Å²) in [6, 6.07) is 11.2. The van der Waals surface area contributed by atoms with Gasteiger partial charge in [-0.05, 0) is 54.4 Å². The summed E-state index contributed by atoms with van der Waals surface area (Å²) in [7, 11) is -2.07. The van der Waals surface area contributed by atoms with E-state index in [0.717, 1.165) is 5.56 Å². The molecule has 0 spiro atoms. The molecular weight excluding hydrogens is 336 g/mol. The zero-order valence-electron chi connectivity index (χ0n) is 12.4. The van der Waals surface area contributed by atoms with E-state index in [1.54, 1.807) is 37.4 Å². The van der Waals surface area contributed by atoms with Gasteiger partial charge >= 0.3 is 0 Å². The van der Waals surface area contributed by atoms with Crippen LogP contribution in [-0.4, -0.2) is 27.9 Å². The number of benzene rings is 2. The Kier molecular flexibility index (Phi) is 4.04. The molecule has 0 unspecified atom stereocenters. The van der Waals surface area contributed by atoms with Gasteiger partial charge in [0.25, 0.3) is 15.9 Å². The average Bonchev–Trinajstić information content (AvgIpc) is 2.98. The molecule has 1 aliphatic rings. The highest BCUT2D eigenvalue weighted by atomic mass is 35.5. The fraction of sp³-hybridized carbons (Fsp3) is 0.188. The van der Waals surface area contributed by atoms with Crippen molar-refractivity contribution in [3.63, 3.8) is 0 Å². The van der Waals surface area contributed by atoms with E-state index in [-0.39, 0.29) is 10.8 Å². The first-order valence-corrected chi connectivity index (χ1v) is 8.88. The van der Waals surface area contributed by atoms with E-state index in [1.165, 1.54) is 16.4 Å². The number of amides is 1. The van der Waals surface area contributed by atoms with Crippen LogP contribution in [0.5, 0.6) is 0 Å². The lowest BCUT2D eigenvalue weighted by molar-refractivity contribution is 0.0963. The van der Waals surface area contributed by atoms with E-state index in [1.807, 2.05) is 0 Å². The predicted octanol–water partition coefficient (Wildman–Crippen LogP) is 2.45. The lowest BCUT2D eigenvalue weighted by Gasteiger charge is -2.19. The SMILES string of the molecule is CNC(=O)c1ccc2c(c1)CCN2S(=O)(=O)c1ccc(Cl)cc1. The Morgan fingerprint density at radius 1 is 1.17 bits per heavy atom. The number of nitrogens with zero attached hydrogens (tertiary/aromatic N) is 1. The van der Waals surface area contributed by atoms with Gasteiger partial charge in [0.1, 0.15) is 0 Å². The fourth-order valence-corrected chi connectivity index (χ4v) is 4.27. The number of hydrogen-bond donors (Lipinski definition) is 1. The molecule has 0 fully saturated rings. The van der Waals surface area contributed by atoms with Gasteiger partial charge in [0, 0.05) is 24.2 Å². The van der Waals surface area contributed by atoms with E-state index in [4.69, 9.17) is 11.6 Å². The Hall–Kier alpha value is -2.05. The number of hydrogen-bond acceptors (Lipinski definition) is 3. The van der Waals surface area contributed by atoms with E-state index in [2.05, 4.69) is 5.32 Å². The normalized spacial score (nSPS) is 13.7. The fourth-order valence-electron chi connectivity index (χ4n) is 2.64. The molecule has 1 heterocycles. The molecule has 0 radical (unpaired) electrons. The third-order valence-corrected chi connectivity index (χ3v) is 5.90. The number of carbonyl (C=O) groups is 1. The summed E-state index contributed by atoms with van der Waals surface area (Å²) in [6.07, 6.45) is 0.576. The molecule has 23 heavy (non-hydrogen) atoms. The summed E-state index contributed by atoms with van der Waals surface area (Å²) in [4.78, 5) is 11.9. The Morgan fingerprint density at radius 2 is 1.87 bits per heavy atom. The van der Waals surface area contributed by atoms with Crippen LogP contribution in [-0.2, 0) is 16.4 Å². The van der Waals surface area contributed by atoms with Crippen LogP contribution in [0.25, 0.3) is 0 Å². The zero-order valence-corrected chi connectivity index (χ0v) is 14.0. The first-order valence-electron chi connectivity index (χ1n) is 7.07. The summed E-state index contributed by atoms with van der Waals surface area (Å²) in [5, 5.41) is 3.05. The third-order valence-electron chi connectivity index (χ3n) is 3.82. The molecule has 0 aliphatic carbocycles. The van der Waals surface area contributed by atoms with E-state index < -0.39 is 10.0 Å². The minimum absolute atomic E-state index is 0.188. The van der Waals surface area contributed by atoms with Crippen molar-refractivity contribution in [2.24, 2.45) is 0 Å². The molecule has 0 atom stereocenters. The van der Waals surface area contributed by atoms with Gasteiger partial charge in [-0.3, -0.25) is 9.10 Å². The standard InChI is InChI=1S/C16H15ClN2O3S/c1-18-16(20)12-2-7-15-11(10-12)8-9-19(15)23(21,22)14-5-3-13(17)4-6-14/h2-7,10H,8-9H2,1H3,(H,18,20). The van der Waals surface area contributed by atoms with Crippen LogP contribution < -0.4 is 9.62 Å². The molecule has 1 aliphatic heterocycles. The maximum Gasteiger partial charge on any atom is 0.264 e. The number of anilines is 1. The molecule has 1 N–H and O–H groups in total. The van der Waals surface area contributed by atoms with Gasteiger partial charge in [0.15, 0.2) is 0 Å². The Labute approximate surface area is 139 Å². The zero-order chi connectivity index (χ0) is 16.6. The first kappa shape index (κ1) is 15.8. The molecular formula is C16H15ClN2O3S. The van der Waals surface area contributed by atoms with Crippen molar-refractivity contribution in [3.05, 3.63) is 58.6 Å². The van der Waals surface area contributed by atoms with Crippen LogP contribution in [0.1, 0.15) is 15.9 Å². The van der Waals surface area contributed by atoms with Gasteiger partial charge in [-0.1, -0.05) is 11.6 Å². The second kappa shape index (κ2) is 5.86. The first-order chi connectivity index (χ1) is 10.9. The monoisotopic (exact) mass is 350 g/mol. The molecule has 120 valence electrons. The van der Waals surface area contributed by atoms with Crippen LogP contribution in [0.15, 0.2) is 47.4 Å². The number of halogens is 1. The summed E-state index contributed by atoms with van der Waals surface area (Å²) in [6.45, 7) is 0.359. The lowest BCUT2D eigenvalue weighted by atomic mass is 10.1. The van der Waals surface area contributed by atoms with Gasteiger partial charge in [-0.25, -0.2) is 8.42 Å². The minimum Gasteiger partial charge on any atom is -0.355 e. The summed E-state index contributed by atoms with van der Waals surface area (Å²) in [5.41, 5.74) is 1.99. The van der Waals surface area contributed by atoms with Crippen molar-refractivity contribution in [1.82, 2.24) is 5.32 Å². The molecule has 3 rings (SSSR count). The summed E-state index contributed by atoms with van der Waals surface area (Å²) in [5.74, 6) is -0.188. The second-order valence-electron chi connectivity index (χ2n) is 5.20. The highest BCUT2D eigenvalue weighted by Gasteiger charge is 2.31. The molecule has 1 amide bonds. The second-order valence-corrected chi connectivity index (χ2v) is 7.50. The molecule has 0 aromatic heterocycles.